The summed E-state index contributed by atoms with van der Waals surface area (Å²) in [6.45, 7) is 6.54. The van der Waals surface area contributed by atoms with E-state index in [0.29, 0.717) is 12.3 Å². The molecule has 0 radical (unpaired) electrons. The summed E-state index contributed by atoms with van der Waals surface area (Å²) in [6, 6.07) is 12.7. The molecule has 4 nitrogen and oxygen atoms in total. The highest BCUT2D eigenvalue weighted by Gasteiger charge is 2.27. The molecule has 0 aliphatic carbocycles. The molecule has 3 rings (SSSR count). The zero-order valence-electron chi connectivity index (χ0n) is 16.8. The molecule has 2 atom stereocenters. The number of rotatable bonds is 8. The van der Waals surface area contributed by atoms with Gasteiger partial charge in [-0.1, -0.05) is 31.2 Å². The van der Waals surface area contributed by atoms with E-state index < -0.39 is 6.04 Å². The lowest BCUT2D eigenvalue weighted by molar-refractivity contribution is -0.109. The second-order valence-corrected chi connectivity index (χ2v) is 7.98. The third-order valence-electron chi connectivity index (χ3n) is 5.56. The van der Waals surface area contributed by atoms with Crippen molar-refractivity contribution in [3.05, 3.63) is 71.3 Å². The Balaban J connectivity index is 1.69. The van der Waals surface area contributed by atoms with Crippen LogP contribution in [0.3, 0.4) is 0 Å². The highest BCUT2D eigenvalue weighted by Crippen LogP contribution is 2.30. The largest absolute Gasteiger partial charge is 0.322 e. The van der Waals surface area contributed by atoms with Crippen LogP contribution in [0, 0.1) is 17.6 Å². The summed E-state index contributed by atoms with van der Waals surface area (Å²) < 4.78 is 26.9. The van der Waals surface area contributed by atoms with Gasteiger partial charge >= 0.3 is 0 Å². The third kappa shape index (κ3) is 5.92. The van der Waals surface area contributed by atoms with Gasteiger partial charge in [-0.3, -0.25) is 4.90 Å². The molecule has 1 saturated heterocycles. The van der Waals surface area contributed by atoms with Crippen molar-refractivity contribution in [1.82, 2.24) is 9.80 Å². The molecule has 2 aromatic rings. The number of nitrogens with two attached hydrogens (primary N) is 1. The summed E-state index contributed by atoms with van der Waals surface area (Å²) in [7, 11) is 0. The fourth-order valence-electron chi connectivity index (χ4n) is 4.14. The summed E-state index contributed by atoms with van der Waals surface area (Å²) in [5.41, 5.74) is 7.74. The minimum atomic E-state index is -0.396. The lowest BCUT2D eigenvalue weighted by Gasteiger charge is -2.40. The number of halogens is 2. The first-order valence-electron chi connectivity index (χ1n) is 10.1. The fourth-order valence-corrected chi connectivity index (χ4v) is 4.14. The molecule has 2 aromatic carbocycles. The van der Waals surface area contributed by atoms with E-state index in [0.717, 1.165) is 50.1 Å². The van der Waals surface area contributed by atoms with E-state index >= 15 is 0 Å². The molecule has 1 aliphatic heterocycles. The van der Waals surface area contributed by atoms with Gasteiger partial charge in [0.1, 0.15) is 17.9 Å². The Morgan fingerprint density at radius 1 is 0.931 bits per heavy atom. The van der Waals surface area contributed by atoms with Crippen LogP contribution in [0.2, 0.25) is 0 Å². The van der Waals surface area contributed by atoms with Crippen LogP contribution in [0.1, 0.15) is 30.5 Å². The number of aldehydes is 1. The first-order valence-corrected chi connectivity index (χ1v) is 10.1. The number of benzene rings is 2. The summed E-state index contributed by atoms with van der Waals surface area (Å²) in [5, 5.41) is 0. The molecule has 0 bridgehead atoms. The average molecular weight is 402 g/mol. The zero-order valence-corrected chi connectivity index (χ0v) is 16.8. The number of hydrogen-bond donors (Lipinski definition) is 1. The van der Waals surface area contributed by atoms with Crippen LogP contribution >= 0.6 is 0 Å². The lowest BCUT2D eigenvalue weighted by atomic mass is 9.96. The van der Waals surface area contributed by atoms with Crippen LogP contribution in [0.15, 0.2) is 48.5 Å². The molecule has 0 aromatic heterocycles. The van der Waals surface area contributed by atoms with Crippen LogP contribution < -0.4 is 5.73 Å². The monoisotopic (exact) mass is 401 g/mol. The molecule has 156 valence electrons. The van der Waals surface area contributed by atoms with Gasteiger partial charge in [-0.2, -0.15) is 0 Å². The van der Waals surface area contributed by atoms with Gasteiger partial charge in [0.25, 0.3) is 0 Å². The molecule has 1 heterocycles. The van der Waals surface area contributed by atoms with E-state index in [1.807, 2.05) is 0 Å². The predicted octanol–water partition coefficient (Wildman–Crippen LogP) is 3.22. The summed E-state index contributed by atoms with van der Waals surface area (Å²) in [6.07, 6.45) is 1.50. The second kappa shape index (κ2) is 10.1. The molecule has 0 spiro atoms. The molecule has 29 heavy (non-hydrogen) atoms. The van der Waals surface area contributed by atoms with E-state index in [2.05, 4.69) is 16.7 Å². The molecule has 6 heteroatoms. The second-order valence-electron chi connectivity index (χ2n) is 7.98. The van der Waals surface area contributed by atoms with Crippen molar-refractivity contribution in [2.75, 3.05) is 32.7 Å². The maximum absolute atomic E-state index is 13.4. The summed E-state index contributed by atoms with van der Waals surface area (Å²) >= 11 is 0. The van der Waals surface area contributed by atoms with Crippen LogP contribution in [0.5, 0.6) is 0 Å². The number of hydrogen-bond acceptors (Lipinski definition) is 4. The van der Waals surface area contributed by atoms with E-state index in [4.69, 9.17) is 5.73 Å². The number of carbonyl (C=O) groups is 1. The molecular formula is C23H29F2N3O. The van der Waals surface area contributed by atoms with Crippen molar-refractivity contribution in [1.29, 1.82) is 0 Å². The first kappa shape index (κ1) is 21.6. The van der Waals surface area contributed by atoms with Gasteiger partial charge in [0.2, 0.25) is 0 Å². The Kier molecular flexibility index (Phi) is 7.47. The first-order chi connectivity index (χ1) is 14.0. The Hall–Kier alpha value is -2.15. The van der Waals surface area contributed by atoms with Gasteiger partial charge in [-0.05, 0) is 47.7 Å². The van der Waals surface area contributed by atoms with Crippen LogP contribution in [-0.2, 0) is 4.79 Å². The minimum absolute atomic E-state index is 0.0424. The SMILES string of the molecule is CC(CC(N)C=O)CN1CCN(C(c2ccc(F)cc2)c2ccc(F)cc2)CC1. The Bertz CT molecular complexity index is 728. The van der Waals surface area contributed by atoms with Crippen molar-refractivity contribution < 1.29 is 13.6 Å². The van der Waals surface area contributed by atoms with Gasteiger partial charge in [0.05, 0.1) is 12.1 Å². The molecule has 2 N–H and O–H groups in total. The minimum Gasteiger partial charge on any atom is -0.322 e. The molecule has 0 amide bonds. The van der Waals surface area contributed by atoms with Gasteiger partial charge < -0.3 is 15.4 Å². The van der Waals surface area contributed by atoms with Crippen LogP contribution in [0.4, 0.5) is 8.78 Å². The van der Waals surface area contributed by atoms with E-state index in [-0.39, 0.29) is 17.7 Å². The molecule has 1 aliphatic rings. The van der Waals surface area contributed by atoms with Gasteiger partial charge in [-0.15, -0.1) is 0 Å². The van der Waals surface area contributed by atoms with Gasteiger partial charge in [0, 0.05) is 32.7 Å². The maximum atomic E-state index is 13.4. The van der Waals surface area contributed by atoms with Crippen LogP contribution in [0.25, 0.3) is 0 Å². The number of nitrogens with zero attached hydrogens (tertiary/aromatic N) is 2. The quantitative estimate of drug-likeness (QED) is 0.690. The standard InChI is InChI=1S/C23H29F2N3O/c1-17(14-22(26)16-29)15-27-10-12-28(13-11-27)23(18-2-6-20(24)7-3-18)19-4-8-21(25)9-5-19/h2-9,16-17,22-23H,10-15,26H2,1H3. The van der Waals surface area contributed by atoms with Gasteiger partial charge in [-0.25, -0.2) is 8.78 Å². The smallest absolute Gasteiger partial charge is 0.136 e. The topological polar surface area (TPSA) is 49.6 Å². The Morgan fingerprint density at radius 3 is 1.86 bits per heavy atom. The summed E-state index contributed by atoms with van der Waals surface area (Å²) in [4.78, 5) is 15.5. The molecule has 0 saturated carbocycles. The molecular weight excluding hydrogens is 372 g/mol. The lowest BCUT2D eigenvalue weighted by Crippen LogP contribution is -2.49. The molecule has 2 unspecified atom stereocenters. The Labute approximate surface area is 171 Å². The third-order valence-corrected chi connectivity index (χ3v) is 5.56. The van der Waals surface area contributed by atoms with Crippen molar-refractivity contribution in [3.8, 4) is 0 Å². The normalized spacial score (nSPS) is 18.0. The number of piperazine rings is 1. The summed E-state index contributed by atoms with van der Waals surface area (Å²) in [5.74, 6) is -0.176. The van der Waals surface area contributed by atoms with Crippen molar-refractivity contribution in [2.45, 2.75) is 25.4 Å². The maximum Gasteiger partial charge on any atom is 0.136 e. The highest BCUT2D eigenvalue weighted by atomic mass is 19.1. The molecule has 1 fully saturated rings. The fraction of sp³-hybridized carbons (Fsp3) is 0.435. The van der Waals surface area contributed by atoms with E-state index in [1.165, 1.54) is 24.3 Å². The van der Waals surface area contributed by atoms with E-state index in [9.17, 15) is 13.6 Å². The zero-order chi connectivity index (χ0) is 20.8. The predicted molar refractivity (Wildman–Crippen MR) is 110 cm³/mol. The highest BCUT2D eigenvalue weighted by molar-refractivity contribution is 5.56. The van der Waals surface area contributed by atoms with E-state index in [1.54, 1.807) is 24.3 Å². The number of carbonyl (C=O) groups excluding carboxylic acids is 1. The van der Waals surface area contributed by atoms with Gasteiger partial charge in [0.15, 0.2) is 0 Å². The average Bonchev–Trinajstić information content (AvgIpc) is 2.72. The Morgan fingerprint density at radius 2 is 1.41 bits per heavy atom. The van der Waals surface area contributed by atoms with Crippen molar-refractivity contribution >= 4 is 6.29 Å². The van der Waals surface area contributed by atoms with Crippen molar-refractivity contribution in [2.24, 2.45) is 11.7 Å². The van der Waals surface area contributed by atoms with Crippen LogP contribution in [-0.4, -0.2) is 54.9 Å². The van der Waals surface area contributed by atoms with Crippen molar-refractivity contribution in [3.63, 3.8) is 0 Å².